The van der Waals surface area contributed by atoms with Gasteiger partial charge in [0.2, 0.25) is 0 Å². The molecular formula is C14H29NO2. The molecular weight excluding hydrogens is 214 g/mol. The van der Waals surface area contributed by atoms with Crippen LogP contribution in [0.4, 0.5) is 0 Å². The number of nitrogens with one attached hydrogen (secondary N) is 1. The first kappa shape index (κ1) is 14.9. The van der Waals surface area contributed by atoms with Crippen molar-refractivity contribution in [2.75, 3.05) is 13.2 Å². The highest BCUT2D eigenvalue weighted by Crippen LogP contribution is 2.42. The predicted octanol–water partition coefficient (Wildman–Crippen LogP) is 2.19. The molecule has 17 heavy (non-hydrogen) atoms. The highest BCUT2D eigenvalue weighted by atomic mass is 16.5. The number of hydrogen-bond acceptors (Lipinski definition) is 3. The lowest BCUT2D eigenvalue weighted by molar-refractivity contribution is -0.119. The van der Waals surface area contributed by atoms with Crippen LogP contribution in [-0.4, -0.2) is 36.0 Å². The number of ether oxygens (including phenoxy) is 1. The molecule has 1 aliphatic carbocycles. The van der Waals surface area contributed by atoms with Crippen molar-refractivity contribution in [2.24, 2.45) is 11.3 Å². The van der Waals surface area contributed by atoms with Crippen molar-refractivity contribution in [3.8, 4) is 0 Å². The SMILES string of the molecule is CCOC1CC(NCC(C)(O)C(C)C)C1(C)C. The van der Waals surface area contributed by atoms with Crippen LogP contribution in [0.15, 0.2) is 0 Å². The van der Waals surface area contributed by atoms with Crippen molar-refractivity contribution < 1.29 is 9.84 Å². The monoisotopic (exact) mass is 243 g/mol. The molecule has 1 rings (SSSR count). The Morgan fingerprint density at radius 1 is 1.47 bits per heavy atom. The number of rotatable bonds is 6. The number of aliphatic hydroxyl groups is 1. The van der Waals surface area contributed by atoms with Crippen LogP contribution in [0.2, 0.25) is 0 Å². The maximum Gasteiger partial charge on any atom is 0.0766 e. The van der Waals surface area contributed by atoms with Crippen LogP contribution >= 0.6 is 0 Å². The van der Waals surface area contributed by atoms with Crippen molar-refractivity contribution in [1.29, 1.82) is 0 Å². The molecule has 1 aliphatic rings. The second-order valence-electron chi connectivity index (χ2n) is 6.45. The summed E-state index contributed by atoms with van der Waals surface area (Å²) >= 11 is 0. The Morgan fingerprint density at radius 2 is 2.06 bits per heavy atom. The third-order valence-corrected chi connectivity index (χ3v) is 4.50. The van der Waals surface area contributed by atoms with Gasteiger partial charge in [0.05, 0.1) is 11.7 Å². The van der Waals surface area contributed by atoms with E-state index in [1.807, 2.05) is 13.8 Å². The van der Waals surface area contributed by atoms with Gasteiger partial charge in [0.1, 0.15) is 0 Å². The van der Waals surface area contributed by atoms with Crippen LogP contribution in [0.3, 0.4) is 0 Å². The molecule has 1 fully saturated rings. The minimum atomic E-state index is -0.632. The summed E-state index contributed by atoms with van der Waals surface area (Å²) < 4.78 is 5.70. The van der Waals surface area contributed by atoms with Crippen LogP contribution in [0.5, 0.6) is 0 Å². The Balaban J connectivity index is 2.41. The zero-order valence-corrected chi connectivity index (χ0v) is 12.2. The molecule has 3 unspecified atom stereocenters. The maximum atomic E-state index is 10.2. The summed E-state index contributed by atoms with van der Waals surface area (Å²) in [5, 5.41) is 13.7. The third kappa shape index (κ3) is 3.21. The summed E-state index contributed by atoms with van der Waals surface area (Å²) in [6, 6.07) is 0.448. The molecule has 102 valence electrons. The minimum Gasteiger partial charge on any atom is -0.389 e. The Labute approximate surface area is 106 Å². The molecule has 0 aromatic rings. The van der Waals surface area contributed by atoms with Crippen LogP contribution in [0.25, 0.3) is 0 Å². The van der Waals surface area contributed by atoms with Gasteiger partial charge in [-0.05, 0) is 26.2 Å². The lowest BCUT2D eigenvalue weighted by atomic mass is 9.64. The number of hydrogen-bond donors (Lipinski definition) is 2. The first-order chi connectivity index (χ1) is 7.71. The summed E-state index contributed by atoms with van der Waals surface area (Å²) in [5.74, 6) is 0.265. The van der Waals surface area contributed by atoms with Gasteiger partial charge in [-0.25, -0.2) is 0 Å². The molecule has 2 N–H and O–H groups in total. The van der Waals surface area contributed by atoms with Crippen molar-refractivity contribution in [3.05, 3.63) is 0 Å². The third-order valence-electron chi connectivity index (χ3n) is 4.50. The summed E-state index contributed by atoms with van der Waals surface area (Å²) in [6.45, 7) is 13.9. The molecule has 3 heteroatoms. The van der Waals surface area contributed by atoms with Gasteiger partial charge in [-0.2, -0.15) is 0 Å². The Bertz CT molecular complexity index is 249. The van der Waals surface area contributed by atoms with E-state index in [1.54, 1.807) is 0 Å². The lowest BCUT2D eigenvalue weighted by Gasteiger charge is -2.52. The molecule has 0 radical (unpaired) electrons. The summed E-state index contributed by atoms with van der Waals surface area (Å²) in [7, 11) is 0. The molecule has 1 saturated carbocycles. The molecule has 0 aliphatic heterocycles. The molecule has 0 spiro atoms. The average molecular weight is 243 g/mol. The van der Waals surface area contributed by atoms with E-state index in [-0.39, 0.29) is 11.3 Å². The minimum absolute atomic E-state index is 0.170. The second-order valence-corrected chi connectivity index (χ2v) is 6.45. The molecule has 0 heterocycles. The average Bonchev–Trinajstić information content (AvgIpc) is 2.22. The van der Waals surface area contributed by atoms with Crippen LogP contribution in [0, 0.1) is 11.3 Å². The maximum absolute atomic E-state index is 10.2. The van der Waals surface area contributed by atoms with E-state index in [9.17, 15) is 5.11 Å². The topological polar surface area (TPSA) is 41.5 Å². The van der Waals surface area contributed by atoms with E-state index in [0.717, 1.165) is 13.0 Å². The van der Waals surface area contributed by atoms with E-state index in [2.05, 4.69) is 33.0 Å². The quantitative estimate of drug-likeness (QED) is 0.751. The van der Waals surface area contributed by atoms with Crippen molar-refractivity contribution in [2.45, 2.75) is 65.7 Å². The first-order valence-electron chi connectivity index (χ1n) is 6.79. The van der Waals surface area contributed by atoms with E-state index in [1.165, 1.54) is 0 Å². The van der Waals surface area contributed by atoms with Gasteiger partial charge < -0.3 is 15.2 Å². The molecule has 0 bridgehead atoms. The first-order valence-corrected chi connectivity index (χ1v) is 6.79. The Kier molecular flexibility index (Phi) is 4.61. The summed E-state index contributed by atoms with van der Waals surface area (Å²) in [6.07, 6.45) is 1.41. The highest BCUT2D eigenvalue weighted by molar-refractivity contribution is 5.03. The fourth-order valence-corrected chi connectivity index (χ4v) is 2.25. The molecule has 3 atom stereocenters. The van der Waals surface area contributed by atoms with E-state index >= 15 is 0 Å². The van der Waals surface area contributed by atoms with Crippen molar-refractivity contribution in [1.82, 2.24) is 5.32 Å². The Hall–Kier alpha value is -0.120. The van der Waals surface area contributed by atoms with Crippen LogP contribution < -0.4 is 5.32 Å². The van der Waals surface area contributed by atoms with Crippen LogP contribution in [-0.2, 0) is 4.74 Å². The molecule has 0 saturated heterocycles. The van der Waals surface area contributed by atoms with Crippen molar-refractivity contribution >= 4 is 0 Å². The van der Waals surface area contributed by atoms with Gasteiger partial charge in [-0.3, -0.25) is 0 Å². The molecule has 0 aromatic heterocycles. The Morgan fingerprint density at radius 3 is 2.47 bits per heavy atom. The smallest absolute Gasteiger partial charge is 0.0766 e. The van der Waals surface area contributed by atoms with E-state index in [0.29, 0.717) is 18.7 Å². The van der Waals surface area contributed by atoms with Gasteiger partial charge in [0.15, 0.2) is 0 Å². The van der Waals surface area contributed by atoms with Crippen molar-refractivity contribution in [3.63, 3.8) is 0 Å². The zero-order valence-electron chi connectivity index (χ0n) is 12.2. The van der Waals surface area contributed by atoms with Gasteiger partial charge in [-0.15, -0.1) is 0 Å². The molecule has 0 amide bonds. The van der Waals surface area contributed by atoms with Crippen LogP contribution in [0.1, 0.15) is 48.0 Å². The van der Waals surface area contributed by atoms with E-state index < -0.39 is 5.60 Å². The van der Waals surface area contributed by atoms with Gasteiger partial charge in [0.25, 0.3) is 0 Å². The second kappa shape index (κ2) is 5.25. The summed E-state index contributed by atoms with van der Waals surface area (Å²) in [5.41, 5.74) is -0.462. The fourth-order valence-electron chi connectivity index (χ4n) is 2.25. The highest BCUT2D eigenvalue weighted by Gasteiger charge is 2.49. The normalized spacial score (nSPS) is 31.1. The molecule has 0 aromatic carbocycles. The standard InChI is InChI=1S/C14H29NO2/c1-7-17-12-8-11(13(12,4)5)15-9-14(6,16)10(2)3/h10-12,15-16H,7-9H2,1-6H3. The fraction of sp³-hybridized carbons (Fsp3) is 1.00. The molecule has 3 nitrogen and oxygen atoms in total. The van der Waals surface area contributed by atoms with E-state index in [4.69, 9.17) is 4.74 Å². The lowest BCUT2D eigenvalue weighted by Crippen LogP contribution is -2.63. The van der Waals surface area contributed by atoms with Gasteiger partial charge in [0, 0.05) is 24.6 Å². The van der Waals surface area contributed by atoms with Gasteiger partial charge >= 0.3 is 0 Å². The largest absolute Gasteiger partial charge is 0.389 e. The zero-order chi connectivity index (χ0) is 13.3. The summed E-state index contributed by atoms with van der Waals surface area (Å²) in [4.78, 5) is 0. The van der Waals surface area contributed by atoms with Gasteiger partial charge in [-0.1, -0.05) is 27.7 Å². The predicted molar refractivity (Wildman–Crippen MR) is 71.1 cm³/mol.